The molecule has 0 aliphatic carbocycles. The number of rotatable bonds is 4. The first-order chi connectivity index (χ1) is 13.6. The van der Waals surface area contributed by atoms with Crippen LogP contribution in [-0.4, -0.2) is 46.6 Å². The van der Waals surface area contributed by atoms with Gasteiger partial charge in [-0.05, 0) is 68.7 Å². The monoisotopic (exact) mass is 398 g/mol. The van der Waals surface area contributed by atoms with Gasteiger partial charge in [-0.1, -0.05) is 0 Å². The minimum Gasteiger partial charge on any atom is -0.372 e. The van der Waals surface area contributed by atoms with Gasteiger partial charge in [0.25, 0.3) is 0 Å². The second kappa shape index (κ2) is 8.60. The second-order valence-corrected chi connectivity index (χ2v) is 9.50. The largest absolute Gasteiger partial charge is 0.372 e. The number of nitrogens with zero attached hydrogens (tertiary/aromatic N) is 4. The van der Waals surface area contributed by atoms with Gasteiger partial charge in [-0.3, -0.25) is 9.19 Å². The Hall–Kier alpha value is -1.95. The van der Waals surface area contributed by atoms with Crippen LogP contribution in [0.25, 0.3) is 0 Å². The Morgan fingerprint density at radius 3 is 2.00 bits per heavy atom. The van der Waals surface area contributed by atoms with Gasteiger partial charge in [-0.15, -0.1) is 0 Å². The van der Waals surface area contributed by atoms with E-state index < -0.39 is 10.8 Å². The predicted octanol–water partition coefficient (Wildman–Crippen LogP) is 3.66. The maximum absolute atomic E-state index is 11.6. The van der Waals surface area contributed by atoms with Crippen LogP contribution in [0.15, 0.2) is 41.6 Å². The highest BCUT2D eigenvalue weighted by Crippen LogP contribution is 2.34. The molecule has 1 aromatic carbocycles. The minimum atomic E-state index is -0.900. The standard InChI is InChI=1S/C22H30N4OS/c1-17-15-23-16-22(24-17)26-13-9-19(10-14-26)18-7-11-25(12-8-18)20-3-5-21(6-4-20)28(2)27/h3-6,15-16,18-19H,7-14H2,1-2H3. The third kappa shape index (κ3) is 4.37. The van der Waals surface area contributed by atoms with E-state index in [0.29, 0.717) is 0 Å². The Balaban J connectivity index is 1.28. The van der Waals surface area contributed by atoms with Crippen molar-refractivity contribution in [1.29, 1.82) is 0 Å². The van der Waals surface area contributed by atoms with E-state index >= 15 is 0 Å². The molecular weight excluding hydrogens is 368 g/mol. The third-order valence-electron chi connectivity index (χ3n) is 6.35. The van der Waals surface area contributed by atoms with E-state index in [1.54, 1.807) is 6.26 Å². The van der Waals surface area contributed by atoms with Crippen LogP contribution in [0.2, 0.25) is 0 Å². The zero-order chi connectivity index (χ0) is 19.5. The summed E-state index contributed by atoms with van der Waals surface area (Å²) in [6, 6.07) is 8.25. The first-order valence-electron chi connectivity index (χ1n) is 10.3. The Morgan fingerprint density at radius 2 is 1.46 bits per heavy atom. The van der Waals surface area contributed by atoms with Crippen molar-refractivity contribution in [1.82, 2.24) is 9.97 Å². The minimum absolute atomic E-state index is 0.834. The molecular formula is C22H30N4OS. The molecule has 1 aromatic heterocycles. The lowest BCUT2D eigenvalue weighted by atomic mass is 9.78. The molecule has 0 bridgehead atoms. The van der Waals surface area contributed by atoms with Gasteiger partial charge in [-0.25, -0.2) is 4.98 Å². The molecule has 28 heavy (non-hydrogen) atoms. The quantitative estimate of drug-likeness (QED) is 0.787. The smallest absolute Gasteiger partial charge is 0.147 e. The number of aromatic nitrogens is 2. The van der Waals surface area contributed by atoms with Crippen molar-refractivity contribution in [2.45, 2.75) is 37.5 Å². The molecule has 1 unspecified atom stereocenters. The van der Waals surface area contributed by atoms with Crippen molar-refractivity contribution < 1.29 is 4.21 Å². The highest BCUT2D eigenvalue weighted by atomic mass is 32.2. The Morgan fingerprint density at radius 1 is 0.893 bits per heavy atom. The fourth-order valence-corrected chi connectivity index (χ4v) is 5.20. The highest BCUT2D eigenvalue weighted by Gasteiger charge is 2.30. The molecule has 0 spiro atoms. The molecule has 2 aromatic rings. The molecule has 2 aliphatic rings. The van der Waals surface area contributed by atoms with E-state index in [1.165, 1.54) is 31.4 Å². The zero-order valence-corrected chi connectivity index (χ0v) is 17.7. The maximum atomic E-state index is 11.6. The molecule has 0 amide bonds. The summed E-state index contributed by atoms with van der Waals surface area (Å²) < 4.78 is 11.6. The van der Waals surface area contributed by atoms with E-state index in [1.807, 2.05) is 31.5 Å². The van der Waals surface area contributed by atoms with Crippen LogP contribution in [0.4, 0.5) is 11.5 Å². The summed E-state index contributed by atoms with van der Waals surface area (Å²) in [7, 11) is -0.900. The molecule has 150 valence electrons. The van der Waals surface area contributed by atoms with Crippen LogP contribution in [0, 0.1) is 18.8 Å². The lowest BCUT2D eigenvalue weighted by molar-refractivity contribution is 0.232. The zero-order valence-electron chi connectivity index (χ0n) is 16.9. The van der Waals surface area contributed by atoms with Crippen molar-refractivity contribution >= 4 is 22.3 Å². The van der Waals surface area contributed by atoms with Gasteiger partial charge in [0.15, 0.2) is 0 Å². The van der Waals surface area contributed by atoms with Crippen molar-refractivity contribution in [3.05, 3.63) is 42.4 Å². The Kier molecular flexibility index (Phi) is 5.95. The molecule has 5 nitrogen and oxygen atoms in total. The Bertz CT molecular complexity index is 810. The van der Waals surface area contributed by atoms with Crippen LogP contribution in [0.1, 0.15) is 31.4 Å². The number of piperidine rings is 2. The fraction of sp³-hybridized carbons (Fsp3) is 0.545. The molecule has 4 rings (SSSR count). The van der Waals surface area contributed by atoms with Crippen LogP contribution in [0.5, 0.6) is 0 Å². The van der Waals surface area contributed by atoms with Crippen LogP contribution < -0.4 is 9.80 Å². The van der Waals surface area contributed by atoms with Gasteiger partial charge in [0.05, 0.1) is 11.9 Å². The van der Waals surface area contributed by atoms with Crippen molar-refractivity contribution in [2.75, 3.05) is 42.2 Å². The van der Waals surface area contributed by atoms with Crippen LogP contribution in [-0.2, 0) is 10.8 Å². The molecule has 0 saturated carbocycles. The molecule has 6 heteroatoms. The predicted molar refractivity (Wildman–Crippen MR) is 115 cm³/mol. The van der Waals surface area contributed by atoms with E-state index in [0.717, 1.165) is 54.4 Å². The van der Waals surface area contributed by atoms with Crippen LogP contribution >= 0.6 is 0 Å². The van der Waals surface area contributed by atoms with Crippen molar-refractivity contribution in [3.63, 3.8) is 0 Å². The summed E-state index contributed by atoms with van der Waals surface area (Å²) >= 11 is 0. The van der Waals surface area contributed by atoms with E-state index in [4.69, 9.17) is 0 Å². The lowest BCUT2D eigenvalue weighted by Crippen LogP contribution is -2.41. The number of hydrogen-bond donors (Lipinski definition) is 0. The maximum Gasteiger partial charge on any atom is 0.147 e. The van der Waals surface area contributed by atoms with E-state index in [2.05, 4.69) is 31.9 Å². The fourth-order valence-electron chi connectivity index (χ4n) is 4.68. The molecule has 0 radical (unpaired) electrons. The van der Waals surface area contributed by atoms with Crippen molar-refractivity contribution in [2.24, 2.45) is 11.8 Å². The number of aryl methyl sites for hydroxylation is 1. The molecule has 2 saturated heterocycles. The van der Waals surface area contributed by atoms with Gasteiger partial charge < -0.3 is 9.80 Å². The normalized spacial score (nSPS) is 20.4. The molecule has 2 aliphatic heterocycles. The van der Waals surface area contributed by atoms with Gasteiger partial charge >= 0.3 is 0 Å². The first-order valence-corrected chi connectivity index (χ1v) is 11.9. The first kappa shape index (κ1) is 19.4. The van der Waals surface area contributed by atoms with Crippen LogP contribution in [0.3, 0.4) is 0 Å². The molecule has 3 heterocycles. The SMILES string of the molecule is Cc1cncc(N2CCC(C3CCN(c4ccc(S(C)=O)cc4)CC3)CC2)n1. The van der Waals surface area contributed by atoms with Gasteiger partial charge in [0, 0.05) is 60.0 Å². The number of hydrogen-bond acceptors (Lipinski definition) is 5. The topological polar surface area (TPSA) is 49.3 Å². The highest BCUT2D eigenvalue weighted by molar-refractivity contribution is 7.84. The van der Waals surface area contributed by atoms with E-state index in [-0.39, 0.29) is 0 Å². The lowest BCUT2D eigenvalue weighted by Gasteiger charge is -2.41. The number of benzene rings is 1. The molecule has 0 N–H and O–H groups in total. The van der Waals surface area contributed by atoms with Crippen molar-refractivity contribution in [3.8, 4) is 0 Å². The third-order valence-corrected chi connectivity index (χ3v) is 7.28. The summed E-state index contributed by atoms with van der Waals surface area (Å²) in [4.78, 5) is 14.7. The summed E-state index contributed by atoms with van der Waals surface area (Å²) in [6.07, 6.45) is 10.5. The molecule has 1 atom stereocenters. The summed E-state index contributed by atoms with van der Waals surface area (Å²) in [5, 5.41) is 0. The van der Waals surface area contributed by atoms with E-state index in [9.17, 15) is 4.21 Å². The number of anilines is 2. The summed E-state index contributed by atoms with van der Waals surface area (Å²) in [6.45, 7) is 6.45. The average molecular weight is 399 g/mol. The average Bonchev–Trinajstić information content (AvgIpc) is 2.74. The second-order valence-electron chi connectivity index (χ2n) is 8.12. The van der Waals surface area contributed by atoms with Gasteiger partial charge in [-0.2, -0.15) is 0 Å². The van der Waals surface area contributed by atoms with Gasteiger partial charge in [0.2, 0.25) is 0 Å². The summed E-state index contributed by atoms with van der Waals surface area (Å²) in [5.41, 5.74) is 2.26. The Labute approximate surface area is 170 Å². The molecule has 2 fully saturated rings. The summed E-state index contributed by atoms with van der Waals surface area (Å²) in [5.74, 6) is 2.70. The van der Waals surface area contributed by atoms with Gasteiger partial charge in [0.1, 0.15) is 5.82 Å².